The number of rotatable bonds is 0. The van der Waals surface area contributed by atoms with Gasteiger partial charge >= 0.3 is 0 Å². The number of pyridine rings is 1. The summed E-state index contributed by atoms with van der Waals surface area (Å²) < 4.78 is 0. The molecule has 0 aliphatic rings. The second-order valence-electron chi connectivity index (χ2n) is 1.99. The molecule has 64 valence electrons. The topological polar surface area (TPSA) is 56.6 Å². The van der Waals surface area contributed by atoms with Crippen molar-refractivity contribution in [3.05, 3.63) is 33.7 Å². The van der Waals surface area contributed by atoms with Crippen molar-refractivity contribution in [3.63, 3.8) is 0 Å². The molecule has 0 fully saturated rings. The SMILES string of the molecule is CC.Cc1c[nH]cc(C#N)c1=O. The number of aromatic amines is 1. The third-order valence-electron chi connectivity index (χ3n) is 1.25. The molecule has 0 amide bonds. The molecule has 0 bridgehead atoms. The van der Waals surface area contributed by atoms with Crippen molar-refractivity contribution in [2.75, 3.05) is 0 Å². The first kappa shape index (κ1) is 10.4. The lowest BCUT2D eigenvalue weighted by molar-refractivity contribution is 1.21. The van der Waals surface area contributed by atoms with Crippen molar-refractivity contribution in [3.8, 4) is 6.07 Å². The Morgan fingerprint density at radius 1 is 1.42 bits per heavy atom. The van der Waals surface area contributed by atoms with E-state index in [1.807, 2.05) is 13.8 Å². The molecule has 1 heterocycles. The number of aryl methyl sites for hydroxylation is 1. The number of nitrogens with one attached hydrogen (secondary N) is 1. The van der Waals surface area contributed by atoms with Gasteiger partial charge in [-0.2, -0.15) is 5.26 Å². The van der Waals surface area contributed by atoms with Gasteiger partial charge in [0.15, 0.2) is 0 Å². The maximum atomic E-state index is 11.0. The van der Waals surface area contributed by atoms with Crippen molar-refractivity contribution in [1.82, 2.24) is 4.98 Å². The zero-order valence-electron chi connectivity index (χ0n) is 7.51. The van der Waals surface area contributed by atoms with E-state index in [1.54, 1.807) is 19.2 Å². The van der Waals surface area contributed by atoms with Gasteiger partial charge in [-0.3, -0.25) is 4.79 Å². The summed E-state index contributed by atoms with van der Waals surface area (Å²) >= 11 is 0. The maximum absolute atomic E-state index is 11.0. The lowest BCUT2D eigenvalue weighted by Gasteiger charge is -1.89. The van der Waals surface area contributed by atoms with Crippen LogP contribution in [0.5, 0.6) is 0 Å². The van der Waals surface area contributed by atoms with Gasteiger partial charge in [-0.1, -0.05) is 13.8 Å². The Labute approximate surface area is 71.7 Å². The van der Waals surface area contributed by atoms with E-state index in [-0.39, 0.29) is 11.0 Å². The highest BCUT2D eigenvalue weighted by atomic mass is 16.1. The Morgan fingerprint density at radius 2 is 2.00 bits per heavy atom. The molecule has 0 atom stereocenters. The molecule has 0 unspecified atom stereocenters. The molecule has 3 nitrogen and oxygen atoms in total. The fourth-order valence-corrected chi connectivity index (χ4v) is 0.677. The third kappa shape index (κ3) is 2.24. The third-order valence-corrected chi connectivity index (χ3v) is 1.25. The minimum atomic E-state index is -0.193. The van der Waals surface area contributed by atoms with Crippen LogP contribution < -0.4 is 5.43 Å². The highest BCUT2D eigenvalue weighted by Crippen LogP contribution is 1.88. The van der Waals surface area contributed by atoms with Gasteiger partial charge in [0.25, 0.3) is 0 Å². The van der Waals surface area contributed by atoms with Crippen LogP contribution in [0.3, 0.4) is 0 Å². The molecular formula is C9H12N2O. The van der Waals surface area contributed by atoms with E-state index in [9.17, 15) is 4.79 Å². The number of nitriles is 1. The van der Waals surface area contributed by atoms with Crippen LogP contribution in [0.2, 0.25) is 0 Å². The molecule has 0 saturated heterocycles. The van der Waals surface area contributed by atoms with E-state index in [1.165, 1.54) is 6.20 Å². The van der Waals surface area contributed by atoms with Crippen molar-refractivity contribution in [2.45, 2.75) is 20.8 Å². The smallest absolute Gasteiger partial charge is 0.202 e. The van der Waals surface area contributed by atoms with Crippen molar-refractivity contribution in [2.24, 2.45) is 0 Å². The largest absolute Gasteiger partial charge is 0.366 e. The van der Waals surface area contributed by atoms with Gasteiger partial charge in [-0.15, -0.1) is 0 Å². The highest BCUT2D eigenvalue weighted by Gasteiger charge is 1.97. The second kappa shape index (κ2) is 5.14. The van der Waals surface area contributed by atoms with Crippen molar-refractivity contribution < 1.29 is 0 Å². The summed E-state index contributed by atoms with van der Waals surface area (Å²) in [6.45, 7) is 5.67. The first-order valence-electron chi connectivity index (χ1n) is 3.83. The van der Waals surface area contributed by atoms with Crippen LogP contribution in [0.25, 0.3) is 0 Å². The number of aromatic nitrogens is 1. The van der Waals surface area contributed by atoms with Crippen LogP contribution in [0.1, 0.15) is 25.0 Å². The van der Waals surface area contributed by atoms with E-state index in [0.717, 1.165) is 0 Å². The molecule has 0 aromatic carbocycles. The zero-order valence-corrected chi connectivity index (χ0v) is 7.51. The molecule has 1 N–H and O–H groups in total. The number of H-pyrrole nitrogens is 1. The van der Waals surface area contributed by atoms with Gasteiger partial charge in [0.05, 0.1) is 0 Å². The van der Waals surface area contributed by atoms with Crippen LogP contribution in [0.15, 0.2) is 17.2 Å². The van der Waals surface area contributed by atoms with E-state index >= 15 is 0 Å². The Hall–Kier alpha value is -1.56. The minimum absolute atomic E-state index is 0.167. The molecule has 3 heteroatoms. The van der Waals surface area contributed by atoms with Crippen molar-refractivity contribution >= 4 is 0 Å². The Balaban J connectivity index is 0.000000561. The molecule has 1 aromatic heterocycles. The number of hydrogen-bond acceptors (Lipinski definition) is 2. The summed E-state index contributed by atoms with van der Waals surface area (Å²) in [7, 11) is 0. The summed E-state index contributed by atoms with van der Waals surface area (Å²) in [5, 5.41) is 8.37. The fraction of sp³-hybridized carbons (Fsp3) is 0.333. The molecule has 0 radical (unpaired) electrons. The molecule has 12 heavy (non-hydrogen) atoms. The number of nitrogens with zero attached hydrogens (tertiary/aromatic N) is 1. The quantitative estimate of drug-likeness (QED) is 0.632. The summed E-state index contributed by atoms with van der Waals surface area (Å²) in [5.41, 5.74) is 0.542. The standard InChI is InChI=1S/C7H6N2O.C2H6/c1-5-3-9-4-6(2-8)7(5)10;1-2/h3-4H,1H3,(H,9,10);1-2H3. The summed E-state index contributed by atoms with van der Waals surface area (Å²) in [5.74, 6) is 0. The van der Waals surface area contributed by atoms with E-state index in [2.05, 4.69) is 4.98 Å². The molecule has 0 spiro atoms. The molecule has 0 aliphatic heterocycles. The average Bonchev–Trinajstić information content (AvgIpc) is 2.13. The van der Waals surface area contributed by atoms with Crippen molar-refractivity contribution in [1.29, 1.82) is 5.26 Å². The van der Waals surface area contributed by atoms with Crippen LogP contribution in [0, 0.1) is 18.3 Å². The Kier molecular flexibility index (Phi) is 4.47. The van der Waals surface area contributed by atoms with Crippen LogP contribution in [0.4, 0.5) is 0 Å². The number of hydrogen-bond donors (Lipinski definition) is 1. The summed E-state index contributed by atoms with van der Waals surface area (Å²) in [6.07, 6.45) is 2.97. The molecule has 1 aromatic rings. The monoisotopic (exact) mass is 164 g/mol. The lowest BCUT2D eigenvalue weighted by atomic mass is 10.2. The first-order chi connectivity index (χ1) is 5.75. The zero-order chi connectivity index (χ0) is 9.56. The van der Waals surface area contributed by atoms with E-state index in [0.29, 0.717) is 5.56 Å². The Bertz CT molecular complexity index is 333. The average molecular weight is 164 g/mol. The summed E-state index contributed by atoms with van der Waals surface area (Å²) in [6, 6.07) is 1.79. The van der Waals surface area contributed by atoms with Gasteiger partial charge in [0, 0.05) is 18.0 Å². The van der Waals surface area contributed by atoms with Gasteiger partial charge in [0.2, 0.25) is 5.43 Å². The minimum Gasteiger partial charge on any atom is -0.366 e. The fourth-order valence-electron chi connectivity index (χ4n) is 0.677. The van der Waals surface area contributed by atoms with Crippen LogP contribution in [-0.4, -0.2) is 4.98 Å². The molecule has 0 saturated carbocycles. The first-order valence-corrected chi connectivity index (χ1v) is 3.83. The van der Waals surface area contributed by atoms with Crippen LogP contribution in [-0.2, 0) is 0 Å². The predicted octanol–water partition coefficient (Wildman–Crippen LogP) is 1.58. The lowest BCUT2D eigenvalue weighted by Crippen LogP contribution is -2.08. The van der Waals surface area contributed by atoms with Crippen LogP contribution >= 0.6 is 0 Å². The summed E-state index contributed by atoms with van der Waals surface area (Å²) in [4.78, 5) is 13.7. The highest BCUT2D eigenvalue weighted by molar-refractivity contribution is 5.28. The Morgan fingerprint density at radius 3 is 2.42 bits per heavy atom. The maximum Gasteiger partial charge on any atom is 0.202 e. The molecule has 0 aliphatic carbocycles. The predicted molar refractivity (Wildman–Crippen MR) is 47.9 cm³/mol. The normalized spacial score (nSPS) is 7.83. The van der Waals surface area contributed by atoms with Gasteiger partial charge in [-0.25, -0.2) is 0 Å². The van der Waals surface area contributed by atoms with Gasteiger partial charge in [-0.05, 0) is 6.92 Å². The van der Waals surface area contributed by atoms with Gasteiger partial charge < -0.3 is 4.98 Å². The molecule has 1 rings (SSSR count). The van der Waals surface area contributed by atoms with E-state index in [4.69, 9.17) is 5.26 Å². The van der Waals surface area contributed by atoms with Gasteiger partial charge in [0.1, 0.15) is 11.6 Å². The van der Waals surface area contributed by atoms with E-state index < -0.39 is 0 Å². The second-order valence-corrected chi connectivity index (χ2v) is 1.99. The molecular weight excluding hydrogens is 152 g/mol.